The zero-order chi connectivity index (χ0) is 23.9. The van der Waals surface area contributed by atoms with Crippen molar-refractivity contribution in [3.63, 3.8) is 0 Å². The van der Waals surface area contributed by atoms with Crippen molar-refractivity contribution in [2.24, 2.45) is 5.73 Å². The second-order valence-electron chi connectivity index (χ2n) is 7.81. The van der Waals surface area contributed by atoms with Crippen molar-refractivity contribution in [2.45, 2.75) is 12.0 Å². The summed E-state index contributed by atoms with van der Waals surface area (Å²) in [6.07, 6.45) is 3.34. The van der Waals surface area contributed by atoms with Crippen LogP contribution in [0, 0.1) is 0 Å². The molecule has 0 radical (unpaired) electrons. The molecule has 4 aromatic rings. The van der Waals surface area contributed by atoms with Crippen LogP contribution in [0.15, 0.2) is 97.3 Å². The Kier molecular flexibility index (Phi) is 10.7. The number of carbonyl (C=O) groups is 1. The van der Waals surface area contributed by atoms with Crippen LogP contribution in [0.2, 0.25) is 0 Å². The lowest BCUT2D eigenvalue weighted by Gasteiger charge is -2.24. The largest absolute Gasteiger partial charge is 0.496 e. The molecule has 188 valence electrons. The summed E-state index contributed by atoms with van der Waals surface area (Å²) in [7, 11) is 3.18. The Hall–Kier alpha value is -3.58. The fourth-order valence-corrected chi connectivity index (χ4v) is 4.06. The van der Waals surface area contributed by atoms with E-state index in [0.717, 1.165) is 22.3 Å². The predicted octanol–water partition coefficient (Wildman–Crippen LogP) is 5.71. The number of halogens is 2. The number of ether oxygens (including phenoxy) is 2. The number of pyridine rings is 1. The molecule has 1 atom stereocenters. The van der Waals surface area contributed by atoms with Gasteiger partial charge in [-0.25, -0.2) is 0 Å². The van der Waals surface area contributed by atoms with Crippen LogP contribution < -0.4 is 20.5 Å². The van der Waals surface area contributed by atoms with Crippen LogP contribution in [0.4, 0.5) is 5.69 Å². The highest BCUT2D eigenvalue weighted by Crippen LogP contribution is 2.37. The van der Waals surface area contributed by atoms with Gasteiger partial charge in [0.1, 0.15) is 11.5 Å². The molecule has 1 amide bonds. The van der Waals surface area contributed by atoms with E-state index in [9.17, 15) is 4.79 Å². The van der Waals surface area contributed by atoms with Gasteiger partial charge >= 0.3 is 0 Å². The molecule has 0 saturated carbocycles. The fraction of sp³-hybridized carbons (Fsp3) is 0.143. The first-order valence-electron chi connectivity index (χ1n) is 10.9. The van der Waals surface area contributed by atoms with Crippen LogP contribution in [0.5, 0.6) is 11.5 Å². The summed E-state index contributed by atoms with van der Waals surface area (Å²) in [6.45, 7) is 0. The van der Waals surface area contributed by atoms with E-state index in [1.807, 2.05) is 78.9 Å². The Morgan fingerprint density at radius 3 is 1.92 bits per heavy atom. The summed E-state index contributed by atoms with van der Waals surface area (Å²) in [6, 6.07) is 26.2. The molecule has 0 fully saturated rings. The number of methoxy groups -OCH3 is 2. The summed E-state index contributed by atoms with van der Waals surface area (Å²) in [5, 5.41) is 2.96. The molecule has 3 aromatic carbocycles. The first-order valence-corrected chi connectivity index (χ1v) is 10.9. The normalized spacial score (nSPS) is 11.0. The molecule has 4 rings (SSSR count). The lowest BCUT2D eigenvalue weighted by atomic mass is 9.85. The summed E-state index contributed by atoms with van der Waals surface area (Å²) in [5.74, 6) is 0.658. The molecule has 0 aliphatic rings. The first kappa shape index (κ1) is 28.7. The topological polar surface area (TPSA) is 86.5 Å². The number of nitrogens with zero attached hydrogens (tertiary/aromatic N) is 1. The number of amides is 1. The highest BCUT2D eigenvalue weighted by atomic mass is 35.5. The van der Waals surface area contributed by atoms with Gasteiger partial charge in [-0.3, -0.25) is 9.78 Å². The summed E-state index contributed by atoms with van der Waals surface area (Å²) in [5.41, 5.74) is 10.8. The molecule has 3 N–H and O–H groups in total. The Balaban J connectivity index is 0.00000228. The van der Waals surface area contributed by atoms with Crippen molar-refractivity contribution >= 4 is 36.4 Å². The van der Waals surface area contributed by atoms with Gasteiger partial charge in [0.2, 0.25) is 5.91 Å². The van der Waals surface area contributed by atoms with E-state index in [1.54, 1.807) is 32.7 Å². The average Bonchev–Trinajstić information content (AvgIpc) is 2.90. The van der Waals surface area contributed by atoms with Crippen molar-refractivity contribution in [3.8, 4) is 22.6 Å². The van der Waals surface area contributed by atoms with Crippen molar-refractivity contribution in [2.75, 3.05) is 19.5 Å². The Labute approximate surface area is 223 Å². The number of hydrogen-bond donors (Lipinski definition) is 2. The molecule has 6 nitrogen and oxygen atoms in total. The van der Waals surface area contributed by atoms with Crippen molar-refractivity contribution in [3.05, 3.63) is 108 Å². The molecule has 0 bridgehead atoms. The second kappa shape index (κ2) is 13.5. The van der Waals surface area contributed by atoms with Crippen LogP contribution >= 0.6 is 24.8 Å². The summed E-state index contributed by atoms with van der Waals surface area (Å²) in [4.78, 5) is 17.4. The van der Waals surface area contributed by atoms with Gasteiger partial charge in [-0.1, -0.05) is 60.7 Å². The minimum Gasteiger partial charge on any atom is -0.496 e. The maximum absolute atomic E-state index is 13.3. The Bertz CT molecular complexity index is 1220. The standard InChI is InChI=1S/C28H27N3O3.2ClH/c1-33-24-17-21(13-14-22(24)23-15-16-30-18-25(23)34-2)31-28(32)27(29)26(19-9-5-3-6-10-19)20-11-7-4-8-12-20;;/h3-18,26-27H,29H2,1-2H3,(H,31,32);2*1H/t27-;;/m0../s1. The van der Waals surface area contributed by atoms with Gasteiger partial charge in [0, 0.05) is 35.0 Å². The summed E-state index contributed by atoms with van der Waals surface area (Å²) >= 11 is 0. The quantitative estimate of drug-likeness (QED) is 0.307. The van der Waals surface area contributed by atoms with Crippen molar-refractivity contribution < 1.29 is 14.3 Å². The van der Waals surface area contributed by atoms with Crippen molar-refractivity contribution in [1.82, 2.24) is 4.98 Å². The highest BCUT2D eigenvalue weighted by molar-refractivity contribution is 5.96. The van der Waals surface area contributed by atoms with E-state index in [0.29, 0.717) is 17.2 Å². The van der Waals surface area contributed by atoms with E-state index in [-0.39, 0.29) is 36.6 Å². The number of anilines is 1. The molecule has 0 spiro atoms. The third-order valence-electron chi connectivity index (χ3n) is 5.74. The summed E-state index contributed by atoms with van der Waals surface area (Å²) < 4.78 is 11.0. The third kappa shape index (κ3) is 6.34. The molecule has 0 saturated heterocycles. The SMILES string of the molecule is COc1cnccc1-c1ccc(NC(=O)[C@@H](N)C(c2ccccc2)c2ccccc2)cc1OC.Cl.Cl. The molecule has 1 aromatic heterocycles. The maximum Gasteiger partial charge on any atom is 0.242 e. The minimum absolute atomic E-state index is 0. The van der Waals surface area contributed by atoms with Crippen LogP contribution in [0.3, 0.4) is 0 Å². The number of benzene rings is 3. The number of hydrogen-bond acceptors (Lipinski definition) is 5. The zero-order valence-electron chi connectivity index (χ0n) is 20.0. The second-order valence-corrected chi connectivity index (χ2v) is 7.81. The molecule has 0 aliphatic carbocycles. The monoisotopic (exact) mass is 525 g/mol. The maximum atomic E-state index is 13.3. The molecular weight excluding hydrogens is 497 g/mol. The Morgan fingerprint density at radius 1 is 0.806 bits per heavy atom. The van der Waals surface area contributed by atoms with Crippen LogP contribution in [0.1, 0.15) is 17.0 Å². The van der Waals surface area contributed by atoms with Crippen LogP contribution in [-0.4, -0.2) is 31.2 Å². The van der Waals surface area contributed by atoms with Gasteiger partial charge in [0.25, 0.3) is 0 Å². The van der Waals surface area contributed by atoms with E-state index in [4.69, 9.17) is 15.2 Å². The molecule has 0 aliphatic heterocycles. The predicted molar refractivity (Wildman–Crippen MR) is 149 cm³/mol. The molecule has 8 heteroatoms. The third-order valence-corrected chi connectivity index (χ3v) is 5.74. The first-order chi connectivity index (χ1) is 16.6. The van der Waals surface area contributed by atoms with Crippen molar-refractivity contribution in [1.29, 1.82) is 0 Å². The number of rotatable bonds is 8. The fourth-order valence-electron chi connectivity index (χ4n) is 4.06. The molecule has 1 heterocycles. The highest BCUT2D eigenvalue weighted by Gasteiger charge is 2.28. The average molecular weight is 526 g/mol. The van der Waals surface area contributed by atoms with Gasteiger partial charge in [0.15, 0.2) is 0 Å². The Morgan fingerprint density at radius 2 is 1.36 bits per heavy atom. The van der Waals surface area contributed by atoms with E-state index < -0.39 is 6.04 Å². The van der Waals surface area contributed by atoms with Crippen LogP contribution in [0.25, 0.3) is 11.1 Å². The van der Waals surface area contributed by atoms with Gasteiger partial charge in [-0.05, 0) is 29.3 Å². The van der Waals surface area contributed by atoms with Gasteiger partial charge in [-0.15, -0.1) is 24.8 Å². The van der Waals surface area contributed by atoms with Gasteiger partial charge < -0.3 is 20.5 Å². The van der Waals surface area contributed by atoms with Crippen LogP contribution in [-0.2, 0) is 4.79 Å². The molecule has 0 unspecified atom stereocenters. The molecule has 36 heavy (non-hydrogen) atoms. The van der Waals surface area contributed by atoms with E-state index in [2.05, 4.69) is 10.3 Å². The number of aromatic nitrogens is 1. The zero-order valence-corrected chi connectivity index (χ0v) is 21.6. The number of carbonyl (C=O) groups excluding carboxylic acids is 1. The lowest BCUT2D eigenvalue weighted by molar-refractivity contribution is -0.117. The number of nitrogens with two attached hydrogens (primary N) is 1. The van der Waals surface area contributed by atoms with E-state index >= 15 is 0 Å². The van der Waals surface area contributed by atoms with Gasteiger partial charge in [-0.2, -0.15) is 0 Å². The van der Waals surface area contributed by atoms with E-state index in [1.165, 1.54) is 0 Å². The smallest absolute Gasteiger partial charge is 0.242 e. The van der Waals surface area contributed by atoms with Gasteiger partial charge in [0.05, 0.1) is 26.5 Å². The number of nitrogens with one attached hydrogen (secondary N) is 1. The molecular formula is C28H29Cl2N3O3. The lowest BCUT2D eigenvalue weighted by Crippen LogP contribution is -2.41. The minimum atomic E-state index is -0.796.